The smallest absolute Gasteiger partial charge is 0.255 e. The Morgan fingerprint density at radius 2 is 1.95 bits per heavy atom. The second kappa shape index (κ2) is 4.32. The van der Waals surface area contributed by atoms with Crippen LogP contribution in [0.1, 0.15) is 5.56 Å². The highest BCUT2D eigenvalue weighted by Gasteiger charge is 2.15. The minimum atomic E-state index is -0.147. The molecule has 0 aliphatic carbocycles. The second-order valence-corrected chi connectivity index (χ2v) is 4.42. The summed E-state index contributed by atoms with van der Waals surface area (Å²) >= 11 is 0. The quantitative estimate of drug-likeness (QED) is 0.773. The van der Waals surface area contributed by atoms with Gasteiger partial charge in [-0.15, -0.1) is 0 Å². The van der Waals surface area contributed by atoms with Crippen molar-refractivity contribution in [1.29, 1.82) is 5.26 Å². The largest absolute Gasteiger partial charge is 0.486 e. The van der Waals surface area contributed by atoms with E-state index in [4.69, 9.17) is 14.7 Å². The summed E-state index contributed by atoms with van der Waals surface area (Å²) in [5.74, 6) is 1.34. The highest BCUT2D eigenvalue weighted by atomic mass is 16.6. The average molecular weight is 256 g/mol. The lowest BCUT2D eigenvalue weighted by molar-refractivity contribution is 0.172. The Morgan fingerprint density at radius 1 is 1.26 bits per heavy atom. The average Bonchev–Trinajstić information content (AvgIpc) is 2.43. The van der Waals surface area contributed by atoms with E-state index in [9.17, 15) is 4.79 Å². The number of nitrogens with zero attached hydrogens (tertiary/aromatic N) is 2. The monoisotopic (exact) mass is 256 g/mol. The number of aromatic nitrogens is 1. The minimum absolute atomic E-state index is 0.108. The van der Waals surface area contributed by atoms with Crippen LogP contribution in [0.4, 0.5) is 0 Å². The number of benzene rings is 1. The van der Waals surface area contributed by atoms with Crippen LogP contribution in [0.2, 0.25) is 0 Å². The van der Waals surface area contributed by atoms with E-state index >= 15 is 0 Å². The summed E-state index contributed by atoms with van der Waals surface area (Å²) < 4.78 is 12.6. The van der Waals surface area contributed by atoms with Gasteiger partial charge < -0.3 is 14.0 Å². The zero-order valence-corrected chi connectivity index (χ0v) is 10.5. The predicted molar refractivity (Wildman–Crippen MR) is 69.5 cm³/mol. The van der Waals surface area contributed by atoms with Gasteiger partial charge in [0.2, 0.25) is 0 Å². The first-order valence-electron chi connectivity index (χ1n) is 6.00. The van der Waals surface area contributed by atoms with Crippen molar-refractivity contribution in [3.8, 4) is 17.6 Å². The molecule has 96 valence electrons. The molecule has 3 rings (SSSR count). The van der Waals surface area contributed by atoms with Crippen LogP contribution in [0.25, 0.3) is 10.9 Å². The third kappa shape index (κ3) is 1.82. The maximum atomic E-state index is 12.1. The van der Waals surface area contributed by atoms with Crippen molar-refractivity contribution in [2.75, 3.05) is 13.2 Å². The maximum Gasteiger partial charge on any atom is 0.255 e. The van der Waals surface area contributed by atoms with Crippen molar-refractivity contribution in [1.82, 2.24) is 4.57 Å². The lowest BCUT2D eigenvalue weighted by Gasteiger charge is -2.19. The van der Waals surface area contributed by atoms with E-state index in [-0.39, 0.29) is 12.0 Å². The van der Waals surface area contributed by atoms with E-state index in [0.29, 0.717) is 30.3 Å². The fourth-order valence-corrected chi connectivity index (χ4v) is 2.29. The van der Waals surface area contributed by atoms with Crippen LogP contribution in [0.5, 0.6) is 11.5 Å². The Hall–Kier alpha value is -2.48. The van der Waals surface area contributed by atoms with Gasteiger partial charge in [0.1, 0.15) is 13.2 Å². The van der Waals surface area contributed by atoms with Crippen molar-refractivity contribution < 1.29 is 9.47 Å². The van der Waals surface area contributed by atoms with Gasteiger partial charge >= 0.3 is 0 Å². The summed E-state index contributed by atoms with van der Waals surface area (Å²) in [7, 11) is 1.70. The normalized spacial score (nSPS) is 13.3. The van der Waals surface area contributed by atoms with Gasteiger partial charge in [-0.05, 0) is 12.1 Å². The summed E-state index contributed by atoms with van der Waals surface area (Å²) in [4.78, 5) is 12.1. The lowest BCUT2D eigenvalue weighted by Crippen LogP contribution is -2.22. The minimum Gasteiger partial charge on any atom is -0.486 e. The van der Waals surface area contributed by atoms with Crippen LogP contribution in [0, 0.1) is 11.3 Å². The fourth-order valence-electron chi connectivity index (χ4n) is 2.29. The standard InChI is InChI=1S/C14H12N2O3/c1-16-11-8-13-12(18-4-5-19-13)7-10(11)6-9(2-3-15)14(16)17/h6-8H,2,4-5H2,1H3. The number of hydrogen-bond acceptors (Lipinski definition) is 4. The molecular formula is C14H12N2O3. The fraction of sp³-hybridized carbons (Fsp3) is 0.286. The summed E-state index contributed by atoms with van der Waals surface area (Å²) in [6.45, 7) is 1.04. The molecular weight excluding hydrogens is 244 g/mol. The molecule has 2 aromatic rings. The van der Waals surface area contributed by atoms with Gasteiger partial charge in [0, 0.05) is 24.1 Å². The molecule has 0 amide bonds. The second-order valence-electron chi connectivity index (χ2n) is 4.42. The van der Waals surface area contributed by atoms with Crippen molar-refractivity contribution in [2.45, 2.75) is 6.42 Å². The van der Waals surface area contributed by atoms with Gasteiger partial charge in [0.25, 0.3) is 5.56 Å². The Kier molecular flexibility index (Phi) is 2.64. The van der Waals surface area contributed by atoms with Crippen LogP contribution >= 0.6 is 0 Å². The van der Waals surface area contributed by atoms with E-state index in [0.717, 1.165) is 10.9 Å². The highest BCUT2D eigenvalue weighted by molar-refractivity contribution is 5.83. The molecule has 0 N–H and O–H groups in total. The number of fused-ring (bicyclic) bond motifs is 2. The van der Waals surface area contributed by atoms with Gasteiger partial charge in [-0.3, -0.25) is 4.79 Å². The van der Waals surface area contributed by atoms with Gasteiger partial charge in [-0.1, -0.05) is 0 Å². The zero-order chi connectivity index (χ0) is 13.4. The molecule has 1 aliphatic rings. The highest BCUT2D eigenvalue weighted by Crippen LogP contribution is 2.34. The van der Waals surface area contributed by atoms with Crippen LogP contribution in [0.15, 0.2) is 23.0 Å². The molecule has 0 radical (unpaired) electrons. The molecule has 1 aliphatic heterocycles. The van der Waals surface area contributed by atoms with E-state index in [2.05, 4.69) is 0 Å². The molecule has 0 spiro atoms. The topological polar surface area (TPSA) is 64.2 Å². The van der Waals surface area contributed by atoms with Crippen molar-refractivity contribution in [3.63, 3.8) is 0 Å². The summed E-state index contributed by atoms with van der Waals surface area (Å²) in [6, 6.07) is 7.42. The van der Waals surface area contributed by atoms with Gasteiger partial charge in [-0.2, -0.15) is 5.26 Å². The molecule has 2 heterocycles. The van der Waals surface area contributed by atoms with Crippen LogP contribution in [-0.4, -0.2) is 17.8 Å². The number of pyridine rings is 1. The molecule has 0 saturated heterocycles. The molecule has 0 fully saturated rings. The number of rotatable bonds is 1. The molecule has 5 heteroatoms. The summed E-state index contributed by atoms with van der Waals surface area (Å²) in [6.07, 6.45) is 0.108. The number of ether oxygens (including phenoxy) is 2. The number of aryl methyl sites for hydroxylation is 1. The molecule has 1 aromatic heterocycles. The van der Waals surface area contributed by atoms with Crippen LogP contribution < -0.4 is 15.0 Å². The Bertz CT molecular complexity index is 756. The molecule has 0 unspecified atom stereocenters. The third-order valence-corrected chi connectivity index (χ3v) is 3.23. The van der Waals surface area contributed by atoms with Crippen molar-refractivity contribution in [3.05, 3.63) is 34.1 Å². The first-order chi connectivity index (χ1) is 9.20. The SMILES string of the molecule is Cn1c(=O)c(CC#N)cc2cc3c(cc21)OCCO3. The van der Waals surface area contributed by atoms with Gasteiger partial charge in [0.15, 0.2) is 11.5 Å². The van der Waals surface area contributed by atoms with Gasteiger partial charge in [0.05, 0.1) is 18.0 Å². The number of nitriles is 1. The first kappa shape index (κ1) is 11.6. The number of hydrogen-bond donors (Lipinski definition) is 0. The van der Waals surface area contributed by atoms with E-state index in [1.54, 1.807) is 23.7 Å². The molecule has 19 heavy (non-hydrogen) atoms. The predicted octanol–water partition coefficient (Wildman–Crippen LogP) is 1.38. The summed E-state index contributed by atoms with van der Waals surface area (Å²) in [5, 5.41) is 9.63. The first-order valence-corrected chi connectivity index (χ1v) is 6.00. The third-order valence-electron chi connectivity index (χ3n) is 3.23. The lowest BCUT2D eigenvalue weighted by atomic mass is 10.1. The zero-order valence-electron chi connectivity index (χ0n) is 10.5. The van der Waals surface area contributed by atoms with Crippen LogP contribution in [0.3, 0.4) is 0 Å². The van der Waals surface area contributed by atoms with Crippen molar-refractivity contribution in [2.24, 2.45) is 7.05 Å². The Balaban J connectivity index is 2.30. The van der Waals surface area contributed by atoms with Crippen molar-refractivity contribution >= 4 is 10.9 Å². The van der Waals surface area contributed by atoms with E-state index < -0.39 is 0 Å². The molecule has 1 aromatic carbocycles. The van der Waals surface area contributed by atoms with Crippen LogP contribution in [-0.2, 0) is 13.5 Å². The molecule has 0 bridgehead atoms. The van der Waals surface area contributed by atoms with E-state index in [1.807, 2.05) is 12.1 Å². The molecule has 0 atom stereocenters. The maximum absolute atomic E-state index is 12.1. The Labute approximate surface area is 109 Å². The summed E-state index contributed by atoms with van der Waals surface area (Å²) in [5.41, 5.74) is 1.12. The molecule has 0 saturated carbocycles. The van der Waals surface area contributed by atoms with Gasteiger partial charge in [-0.25, -0.2) is 0 Å². The Morgan fingerprint density at radius 3 is 2.63 bits per heavy atom. The van der Waals surface area contributed by atoms with E-state index in [1.165, 1.54) is 0 Å². The molecule has 5 nitrogen and oxygen atoms in total.